The summed E-state index contributed by atoms with van der Waals surface area (Å²) in [6.45, 7) is 3.26. The molecule has 0 spiro atoms. The minimum Gasteiger partial charge on any atom is -0.489 e. The molecule has 0 bridgehead atoms. The molecular formula is C30H32N2O3. The molecule has 1 unspecified atom stereocenters. The van der Waals surface area contributed by atoms with Crippen LogP contribution < -0.4 is 4.74 Å². The summed E-state index contributed by atoms with van der Waals surface area (Å²) in [6.07, 6.45) is 2.65. The summed E-state index contributed by atoms with van der Waals surface area (Å²) < 4.78 is 12.0. The Labute approximate surface area is 206 Å². The summed E-state index contributed by atoms with van der Waals surface area (Å²) in [4.78, 5) is 17.4. The summed E-state index contributed by atoms with van der Waals surface area (Å²) in [5, 5.41) is 1.03. The van der Waals surface area contributed by atoms with Crippen molar-refractivity contribution in [2.75, 3.05) is 26.7 Å². The number of benzene rings is 3. The third-order valence-corrected chi connectivity index (χ3v) is 6.75. The van der Waals surface area contributed by atoms with Crippen LogP contribution in [0.15, 0.2) is 89.3 Å². The number of nitrogens with zero attached hydrogens (tertiary/aromatic N) is 2. The number of para-hydroxylation sites is 1. The van der Waals surface area contributed by atoms with Gasteiger partial charge in [0.1, 0.15) is 23.7 Å². The molecule has 1 saturated heterocycles. The van der Waals surface area contributed by atoms with Crippen molar-refractivity contribution in [3.63, 3.8) is 0 Å². The van der Waals surface area contributed by atoms with Crippen molar-refractivity contribution in [1.29, 1.82) is 0 Å². The fraction of sp³-hybridized carbons (Fsp3) is 0.300. The number of rotatable bonds is 9. The molecule has 1 fully saturated rings. The van der Waals surface area contributed by atoms with Crippen LogP contribution in [0.1, 0.15) is 35.8 Å². The highest BCUT2D eigenvalue weighted by Crippen LogP contribution is 2.29. The zero-order valence-corrected chi connectivity index (χ0v) is 20.2. The van der Waals surface area contributed by atoms with Crippen molar-refractivity contribution in [1.82, 2.24) is 9.80 Å². The van der Waals surface area contributed by atoms with Crippen LogP contribution in [0, 0.1) is 0 Å². The molecule has 1 amide bonds. The SMILES string of the molecule is CN(CC(c1cccc(OCc2ccccc2)c1)N1CCCC1)C(=O)Cc1cc2ccccc2o1. The number of ether oxygens (including phenoxy) is 1. The van der Waals surface area contributed by atoms with Gasteiger partial charge in [-0.2, -0.15) is 0 Å². The number of furan rings is 1. The van der Waals surface area contributed by atoms with Gasteiger partial charge in [-0.3, -0.25) is 9.69 Å². The van der Waals surface area contributed by atoms with E-state index in [9.17, 15) is 4.79 Å². The highest BCUT2D eigenvalue weighted by Gasteiger charge is 2.27. The quantitative estimate of drug-likeness (QED) is 0.309. The van der Waals surface area contributed by atoms with Crippen molar-refractivity contribution < 1.29 is 13.9 Å². The average Bonchev–Trinajstić information content (AvgIpc) is 3.56. The maximum absolute atomic E-state index is 13.1. The summed E-state index contributed by atoms with van der Waals surface area (Å²) in [5.74, 6) is 1.62. The third kappa shape index (κ3) is 5.75. The molecule has 35 heavy (non-hydrogen) atoms. The van der Waals surface area contributed by atoms with Crippen LogP contribution >= 0.6 is 0 Å². The van der Waals surface area contributed by atoms with Crippen LogP contribution in [-0.4, -0.2) is 42.4 Å². The topological polar surface area (TPSA) is 45.9 Å². The Morgan fingerprint density at radius 2 is 1.74 bits per heavy atom. The molecule has 0 radical (unpaired) electrons. The van der Waals surface area contributed by atoms with Gasteiger partial charge in [0, 0.05) is 19.0 Å². The van der Waals surface area contributed by atoms with E-state index in [2.05, 4.69) is 35.2 Å². The monoisotopic (exact) mass is 468 g/mol. The predicted molar refractivity (Wildman–Crippen MR) is 138 cm³/mol. The van der Waals surface area contributed by atoms with Gasteiger partial charge in [-0.05, 0) is 61.3 Å². The molecule has 1 aromatic heterocycles. The van der Waals surface area contributed by atoms with Gasteiger partial charge in [-0.1, -0.05) is 60.7 Å². The van der Waals surface area contributed by atoms with Crippen molar-refractivity contribution >= 4 is 16.9 Å². The molecular weight excluding hydrogens is 436 g/mol. The molecule has 4 aromatic rings. The molecule has 3 aromatic carbocycles. The van der Waals surface area contributed by atoms with Gasteiger partial charge in [-0.15, -0.1) is 0 Å². The van der Waals surface area contributed by atoms with E-state index in [1.165, 1.54) is 18.4 Å². The molecule has 1 aliphatic rings. The number of amides is 1. The summed E-state index contributed by atoms with van der Waals surface area (Å²) >= 11 is 0. The largest absolute Gasteiger partial charge is 0.489 e. The Morgan fingerprint density at radius 3 is 2.54 bits per heavy atom. The van der Waals surface area contributed by atoms with Crippen LogP contribution in [0.5, 0.6) is 5.75 Å². The normalized spacial score (nSPS) is 14.8. The number of hydrogen-bond acceptors (Lipinski definition) is 4. The zero-order valence-electron chi connectivity index (χ0n) is 20.2. The standard InChI is InChI=1S/C30H32N2O3/c1-31(30(33)20-27-19-25-12-5-6-15-29(25)35-27)21-28(32-16-7-8-17-32)24-13-9-14-26(18-24)34-22-23-10-3-2-4-11-23/h2-6,9-15,18-19,28H,7-8,16-17,20-22H2,1H3. The molecule has 0 N–H and O–H groups in total. The lowest BCUT2D eigenvalue weighted by Gasteiger charge is -2.32. The van der Waals surface area contributed by atoms with E-state index >= 15 is 0 Å². The van der Waals surface area contributed by atoms with Gasteiger partial charge in [0.05, 0.1) is 12.5 Å². The van der Waals surface area contributed by atoms with Crippen molar-refractivity contribution in [3.05, 3.63) is 102 Å². The van der Waals surface area contributed by atoms with Crippen molar-refractivity contribution in [2.24, 2.45) is 0 Å². The van der Waals surface area contributed by atoms with Crippen LogP contribution in [0.2, 0.25) is 0 Å². The summed E-state index contributed by atoms with van der Waals surface area (Å²) in [6, 6.07) is 28.5. The van der Waals surface area contributed by atoms with Crippen LogP contribution in [-0.2, 0) is 17.8 Å². The van der Waals surface area contributed by atoms with Gasteiger partial charge in [0.2, 0.25) is 5.91 Å². The average molecular weight is 469 g/mol. The number of likely N-dealkylation sites (N-methyl/N-ethyl adjacent to an activating group) is 1. The first-order chi connectivity index (χ1) is 17.2. The minimum absolute atomic E-state index is 0.0599. The molecule has 0 aliphatic carbocycles. The minimum atomic E-state index is 0.0599. The molecule has 1 aliphatic heterocycles. The number of hydrogen-bond donors (Lipinski definition) is 0. The molecule has 0 saturated carbocycles. The highest BCUT2D eigenvalue weighted by molar-refractivity contribution is 5.82. The number of likely N-dealkylation sites (tertiary alicyclic amines) is 1. The summed E-state index contributed by atoms with van der Waals surface area (Å²) in [5.41, 5.74) is 3.14. The van der Waals surface area contributed by atoms with Gasteiger partial charge in [0.25, 0.3) is 0 Å². The third-order valence-electron chi connectivity index (χ3n) is 6.75. The van der Waals surface area contributed by atoms with E-state index in [1.807, 2.05) is 66.5 Å². The zero-order chi connectivity index (χ0) is 24.0. The first-order valence-electron chi connectivity index (χ1n) is 12.4. The lowest BCUT2D eigenvalue weighted by Crippen LogP contribution is -2.38. The van der Waals surface area contributed by atoms with Crippen LogP contribution in [0.25, 0.3) is 11.0 Å². The smallest absolute Gasteiger partial charge is 0.229 e. The fourth-order valence-electron chi connectivity index (χ4n) is 4.81. The Hall–Kier alpha value is -3.57. The highest BCUT2D eigenvalue weighted by atomic mass is 16.5. The Morgan fingerprint density at radius 1 is 0.971 bits per heavy atom. The second-order valence-corrected chi connectivity index (χ2v) is 9.31. The molecule has 5 rings (SSSR count). The second-order valence-electron chi connectivity index (χ2n) is 9.31. The van der Waals surface area contributed by atoms with E-state index in [4.69, 9.17) is 9.15 Å². The predicted octanol–water partition coefficient (Wildman–Crippen LogP) is 5.85. The number of carbonyl (C=O) groups is 1. The molecule has 180 valence electrons. The van der Waals surface area contributed by atoms with Gasteiger partial charge < -0.3 is 14.1 Å². The fourth-order valence-corrected chi connectivity index (χ4v) is 4.81. The van der Waals surface area contributed by atoms with E-state index in [0.29, 0.717) is 18.9 Å². The van der Waals surface area contributed by atoms with E-state index in [0.717, 1.165) is 35.4 Å². The first-order valence-corrected chi connectivity index (χ1v) is 12.4. The summed E-state index contributed by atoms with van der Waals surface area (Å²) in [7, 11) is 1.89. The van der Waals surface area contributed by atoms with E-state index in [-0.39, 0.29) is 18.4 Å². The van der Waals surface area contributed by atoms with Crippen LogP contribution in [0.3, 0.4) is 0 Å². The van der Waals surface area contributed by atoms with Gasteiger partial charge in [0.15, 0.2) is 0 Å². The lowest BCUT2D eigenvalue weighted by molar-refractivity contribution is -0.130. The molecule has 5 nitrogen and oxygen atoms in total. The lowest BCUT2D eigenvalue weighted by atomic mass is 10.0. The Bertz CT molecular complexity index is 1230. The van der Waals surface area contributed by atoms with Gasteiger partial charge >= 0.3 is 0 Å². The maximum atomic E-state index is 13.1. The van der Waals surface area contributed by atoms with E-state index < -0.39 is 0 Å². The number of fused-ring (bicyclic) bond motifs is 1. The van der Waals surface area contributed by atoms with Crippen LogP contribution in [0.4, 0.5) is 0 Å². The Balaban J connectivity index is 1.28. The van der Waals surface area contributed by atoms with Crippen molar-refractivity contribution in [2.45, 2.75) is 31.9 Å². The van der Waals surface area contributed by atoms with Gasteiger partial charge in [-0.25, -0.2) is 0 Å². The molecule has 1 atom stereocenters. The van der Waals surface area contributed by atoms with E-state index in [1.54, 1.807) is 0 Å². The maximum Gasteiger partial charge on any atom is 0.229 e. The molecule has 2 heterocycles. The molecule has 5 heteroatoms. The number of carbonyl (C=O) groups excluding carboxylic acids is 1. The first kappa shape index (κ1) is 23.2. The Kier molecular flexibility index (Phi) is 7.15. The second kappa shape index (κ2) is 10.8. The van der Waals surface area contributed by atoms with Crippen molar-refractivity contribution in [3.8, 4) is 5.75 Å².